The van der Waals surface area contributed by atoms with E-state index >= 15 is 0 Å². The first-order valence-electron chi connectivity index (χ1n) is 9.60. The van der Waals surface area contributed by atoms with E-state index in [0.29, 0.717) is 5.46 Å². The van der Waals surface area contributed by atoms with Crippen LogP contribution in [0.5, 0.6) is 0 Å². The maximum atomic E-state index is 9.88. The van der Waals surface area contributed by atoms with Gasteiger partial charge in [0.2, 0.25) is 0 Å². The smallest absolute Gasteiger partial charge is 0.423 e. The van der Waals surface area contributed by atoms with E-state index in [9.17, 15) is 10.0 Å². The minimum Gasteiger partial charge on any atom is -0.423 e. The Morgan fingerprint density at radius 2 is 1.66 bits per heavy atom. The van der Waals surface area contributed by atoms with Crippen molar-refractivity contribution in [1.82, 2.24) is 4.57 Å². The van der Waals surface area contributed by atoms with Gasteiger partial charge in [0.1, 0.15) is 0 Å². The second-order valence-electron chi connectivity index (χ2n) is 6.85. The molecule has 4 heteroatoms. The molecule has 0 unspecified atom stereocenters. The molecule has 0 spiro atoms. The lowest BCUT2D eigenvalue weighted by Gasteiger charge is -2.10. The van der Waals surface area contributed by atoms with Gasteiger partial charge in [-0.05, 0) is 47.8 Å². The topological polar surface area (TPSA) is 45.4 Å². The number of aromatic nitrogens is 1. The van der Waals surface area contributed by atoms with Gasteiger partial charge in [-0.15, -0.1) is 0 Å². The second-order valence-corrected chi connectivity index (χ2v) is 6.85. The summed E-state index contributed by atoms with van der Waals surface area (Å²) in [5.74, 6) is 0. The highest BCUT2D eigenvalue weighted by Gasteiger charge is 2.20. The number of hydrogen-bond acceptors (Lipinski definition) is 2. The van der Waals surface area contributed by atoms with E-state index in [4.69, 9.17) is 0 Å². The number of nitrogens with zero attached hydrogens (tertiary/aromatic N) is 1. The summed E-state index contributed by atoms with van der Waals surface area (Å²) in [6.07, 6.45) is 7.81. The zero-order chi connectivity index (χ0) is 20.4. The maximum absolute atomic E-state index is 9.88. The first-order valence-corrected chi connectivity index (χ1v) is 9.60. The van der Waals surface area contributed by atoms with E-state index in [2.05, 4.69) is 47.6 Å². The molecule has 4 rings (SSSR count). The molecule has 29 heavy (non-hydrogen) atoms. The van der Waals surface area contributed by atoms with Gasteiger partial charge in [-0.1, -0.05) is 73.3 Å². The van der Waals surface area contributed by atoms with Gasteiger partial charge in [0.25, 0.3) is 0 Å². The summed E-state index contributed by atoms with van der Waals surface area (Å²) in [6.45, 7) is 5.75. The van der Waals surface area contributed by atoms with Gasteiger partial charge in [-0.25, -0.2) is 0 Å². The minimum atomic E-state index is -1.52. The Hall–Kier alpha value is -3.34. The zero-order valence-corrected chi connectivity index (χ0v) is 16.3. The molecule has 0 saturated heterocycles. The summed E-state index contributed by atoms with van der Waals surface area (Å²) in [6, 6.07) is 22.1. The van der Waals surface area contributed by atoms with Crippen LogP contribution >= 0.6 is 0 Å². The molecular weight excluding hydrogens is 357 g/mol. The second kappa shape index (κ2) is 7.96. The van der Waals surface area contributed by atoms with Gasteiger partial charge in [0.05, 0.1) is 11.0 Å². The van der Waals surface area contributed by atoms with Crippen LogP contribution in [0.1, 0.15) is 12.5 Å². The van der Waals surface area contributed by atoms with Crippen molar-refractivity contribution < 1.29 is 10.0 Å². The largest absolute Gasteiger partial charge is 0.489 e. The zero-order valence-electron chi connectivity index (χ0n) is 16.3. The number of para-hydroxylation sites is 1. The molecule has 0 aliphatic carbocycles. The van der Waals surface area contributed by atoms with Gasteiger partial charge < -0.3 is 14.6 Å². The number of rotatable bonds is 5. The van der Waals surface area contributed by atoms with Gasteiger partial charge in [-0.3, -0.25) is 0 Å². The fourth-order valence-corrected chi connectivity index (χ4v) is 3.87. The Labute approximate surface area is 170 Å². The number of hydrogen-bond donors (Lipinski definition) is 2. The first-order chi connectivity index (χ1) is 14.2. The minimum absolute atomic E-state index is 0.514. The highest BCUT2D eigenvalue weighted by atomic mass is 16.4. The molecule has 1 heterocycles. The molecule has 3 aromatic carbocycles. The van der Waals surface area contributed by atoms with Crippen molar-refractivity contribution in [2.45, 2.75) is 6.92 Å². The van der Waals surface area contributed by atoms with Crippen LogP contribution in [0, 0.1) is 0 Å². The summed E-state index contributed by atoms with van der Waals surface area (Å²) >= 11 is 0. The monoisotopic (exact) mass is 379 g/mol. The van der Waals surface area contributed by atoms with E-state index in [1.54, 1.807) is 12.1 Å². The average Bonchev–Trinajstić information content (AvgIpc) is 3.09. The fraction of sp³-hybridized carbons (Fsp3) is 0.0400. The van der Waals surface area contributed by atoms with Crippen LogP contribution in [0.25, 0.3) is 33.1 Å². The van der Waals surface area contributed by atoms with Crippen LogP contribution in [-0.2, 0) is 0 Å². The molecule has 0 aliphatic rings. The molecular formula is C25H22BNO2. The third kappa shape index (κ3) is 3.33. The summed E-state index contributed by atoms with van der Waals surface area (Å²) in [4.78, 5) is 0. The molecule has 0 bridgehead atoms. The lowest BCUT2D eigenvalue weighted by Crippen LogP contribution is -2.30. The predicted octanol–water partition coefficient (Wildman–Crippen LogP) is 4.61. The van der Waals surface area contributed by atoms with Crippen molar-refractivity contribution in [3.63, 3.8) is 0 Å². The number of benzene rings is 3. The molecule has 0 fully saturated rings. The first kappa shape index (κ1) is 19.0. The van der Waals surface area contributed by atoms with Crippen molar-refractivity contribution in [2.75, 3.05) is 0 Å². The summed E-state index contributed by atoms with van der Waals surface area (Å²) < 4.78 is 2.16. The van der Waals surface area contributed by atoms with Gasteiger partial charge in [0, 0.05) is 16.5 Å². The molecule has 4 aromatic rings. The highest BCUT2D eigenvalue weighted by Crippen LogP contribution is 2.31. The SMILES string of the molecule is C=C/C=C\C(=C/C)c1ccc(-n2c3ccccc3c3c(B(O)O)cccc32)cc1. The van der Waals surface area contributed by atoms with Crippen LogP contribution in [0.2, 0.25) is 0 Å². The standard InChI is InChI=1S/C25H22BNO2/c1-3-5-9-18(4-2)19-14-16-20(17-15-19)27-23-12-7-6-10-21(23)25-22(26(28)29)11-8-13-24(25)27/h3-17,28-29H,1H2,2H3/b9-5-,18-4+. The fourth-order valence-electron chi connectivity index (χ4n) is 3.87. The van der Waals surface area contributed by atoms with Crippen LogP contribution in [-0.4, -0.2) is 21.7 Å². The van der Waals surface area contributed by atoms with Gasteiger partial charge in [0.15, 0.2) is 0 Å². The number of fused-ring (bicyclic) bond motifs is 3. The van der Waals surface area contributed by atoms with Crippen LogP contribution in [0.4, 0.5) is 0 Å². The summed E-state index contributed by atoms with van der Waals surface area (Å²) in [5, 5.41) is 21.6. The predicted molar refractivity (Wildman–Crippen MR) is 124 cm³/mol. The molecule has 3 nitrogen and oxygen atoms in total. The Morgan fingerprint density at radius 3 is 2.34 bits per heavy atom. The van der Waals surface area contributed by atoms with Crippen LogP contribution in [0.15, 0.2) is 97.6 Å². The average molecular weight is 379 g/mol. The highest BCUT2D eigenvalue weighted by molar-refractivity contribution is 6.63. The molecule has 0 radical (unpaired) electrons. The number of allylic oxidation sites excluding steroid dienone is 5. The summed E-state index contributed by atoms with van der Waals surface area (Å²) in [5.41, 5.74) is 5.77. The van der Waals surface area contributed by atoms with Crippen molar-refractivity contribution >= 4 is 40.0 Å². The van der Waals surface area contributed by atoms with E-state index < -0.39 is 7.12 Å². The Bertz CT molecular complexity index is 1250. The quantitative estimate of drug-likeness (QED) is 0.393. The van der Waals surface area contributed by atoms with Crippen molar-refractivity contribution in [2.24, 2.45) is 0 Å². The van der Waals surface area contributed by atoms with Crippen molar-refractivity contribution in [3.8, 4) is 5.69 Å². The van der Waals surface area contributed by atoms with E-state index in [1.807, 2.05) is 49.4 Å². The molecule has 0 amide bonds. The van der Waals surface area contributed by atoms with Crippen molar-refractivity contribution in [1.29, 1.82) is 0 Å². The van der Waals surface area contributed by atoms with Crippen LogP contribution in [0.3, 0.4) is 0 Å². The van der Waals surface area contributed by atoms with Gasteiger partial charge >= 0.3 is 7.12 Å². The third-order valence-corrected chi connectivity index (χ3v) is 5.19. The lowest BCUT2D eigenvalue weighted by atomic mass is 9.77. The van der Waals surface area contributed by atoms with E-state index in [1.165, 1.54) is 0 Å². The van der Waals surface area contributed by atoms with Crippen molar-refractivity contribution in [3.05, 3.63) is 103 Å². The maximum Gasteiger partial charge on any atom is 0.489 e. The molecule has 0 atom stereocenters. The third-order valence-electron chi connectivity index (χ3n) is 5.19. The Kier molecular flexibility index (Phi) is 5.21. The summed E-state index contributed by atoms with van der Waals surface area (Å²) in [7, 11) is -1.52. The lowest BCUT2D eigenvalue weighted by molar-refractivity contribution is 0.426. The molecule has 142 valence electrons. The molecule has 2 N–H and O–H groups in total. The molecule has 1 aromatic heterocycles. The molecule has 0 saturated carbocycles. The Balaban J connectivity index is 1.93. The van der Waals surface area contributed by atoms with Crippen LogP contribution < -0.4 is 5.46 Å². The van der Waals surface area contributed by atoms with Gasteiger partial charge in [-0.2, -0.15) is 0 Å². The molecule has 0 aliphatic heterocycles. The van der Waals surface area contributed by atoms with E-state index in [-0.39, 0.29) is 0 Å². The van der Waals surface area contributed by atoms with E-state index in [0.717, 1.165) is 38.6 Å². The Morgan fingerprint density at radius 1 is 0.931 bits per heavy atom. The normalized spacial score (nSPS) is 12.2.